The van der Waals surface area contributed by atoms with Crippen molar-refractivity contribution in [3.63, 3.8) is 0 Å². The van der Waals surface area contributed by atoms with Crippen molar-refractivity contribution in [1.29, 1.82) is 0 Å². The van der Waals surface area contributed by atoms with Crippen molar-refractivity contribution in [2.75, 3.05) is 26.9 Å². The van der Waals surface area contributed by atoms with E-state index in [1.807, 2.05) is 6.92 Å². The quantitative estimate of drug-likeness (QED) is 0.565. The van der Waals surface area contributed by atoms with E-state index in [2.05, 4.69) is 0 Å². The molecule has 1 aromatic carbocycles. The molecule has 0 radical (unpaired) electrons. The predicted octanol–water partition coefficient (Wildman–Crippen LogP) is 2.03. The number of esters is 1. The summed E-state index contributed by atoms with van der Waals surface area (Å²) >= 11 is 0. The molecule has 0 fully saturated rings. The van der Waals surface area contributed by atoms with Crippen LogP contribution in [0.15, 0.2) is 18.2 Å². The van der Waals surface area contributed by atoms with E-state index in [4.69, 9.17) is 14.2 Å². The van der Waals surface area contributed by atoms with Gasteiger partial charge in [0.1, 0.15) is 18.2 Å². The molecule has 0 saturated heterocycles. The number of carbonyl (C=O) groups excluding carboxylic acids is 1. The fourth-order valence-corrected chi connectivity index (χ4v) is 1.20. The van der Waals surface area contributed by atoms with Crippen LogP contribution < -0.4 is 4.74 Å². The highest BCUT2D eigenvalue weighted by Crippen LogP contribution is 2.16. The molecule has 0 bridgehead atoms. The van der Waals surface area contributed by atoms with E-state index in [0.29, 0.717) is 19.0 Å². The lowest BCUT2D eigenvalue weighted by Gasteiger charge is -2.06. The second-order valence-corrected chi connectivity index (χ2v) is 3.18. The largest absolute Gasteiger partial charge is 0.497 e. The molecule has 94 valence electrons. The van der Waals surface area contributed by atoms with Crippen LogP contribution in [0, 0.1) is 5.82 Å². The maximum absolute atomic E-state index is 13.5. The van der Waals surface area contributed by atoms with Gasteiger partial charge in [-0.1, -0.05) is 0 Å². The minimum absolute atomic E-state index is 0.109. The molecule has 5 heteroatoms. The molecule has 0 saturated carbocycles. The number of halogens is 1. The minimum atomic E-state index is -0.704. The van der Waals surface area contributed by atoms with E-state index >= 15 is 0 Å². The number of methoxy groups -OCH3 is 1. The monoisotopic (exact) mass is 242 g/mol. The Bertz CT molecular complexity index is 379. The Balaban J connectivity index is 2.57. The molecular weight excluding hydrogens is 227 g/mol. The van der Waals surface area contributed by atoms with Gasteiger partial charge >= 0.3 is 5.97 Å². The molecule has 0 aliphatic rings. The molecule has 0 spiro atoms. The van der Waals surface area contributed by atoms with Gasteiger partial charge in [0.15, 0.2) is 0 Å². The van der Waals surface area contributed by atoms with Gasteiger partial charge in [0.05, 0.1) is 19.3 Å². The number of hydrogen-bond donors (Lipinski definition) is 0. The summed E-state index contributed by atoms with van der Waals surface area (Å²) in [4.78, 5) is 11.5. The first-order valence-corrected chi connectivity index (χ1v) is 5.27. The Kier molecular flexibility index (Phi) is 5.42. The summed E-state index contributed by atoms with van der Waals surface area (Å²) in [5, 5.41) is 0. The Morgan fingerprint density at radius 2 is 2.12 bits per heavy atom. The molecule has 1 aromatic rings. The van der Waals surface area contributed by atoms with Crippen LogP contribution in [0.1, 0.15) is 17.3 Å². The normalized spacial score (nSPS) is 10.1. The average Bonchev–Trinajstić information content (AvgIpc) is 2.34. The standard InChI is InChI=1S/C12H15FO4/c1-3-16-6-7-17-12(14)10-5-4-9(15-2)8-11(10)13/h4-5,8H,3,6-7H2,1-2H3. The molecule has 0 aliphatic heterocycles. The summed E-state index contributed by atoms with van der Waals surface area (Å²) in [6.45, 7) is 2.80. The summed E-state index contributed by atoms with van der Waals surface area (Å²) in [5.74, 6) is -1.01. The van der Waals surface area contributed by atoms with Gasteiger partial charge in [0.25, 0.3) is 0 Å². The molecule has 1 rings (SSSR count). The van der Waals surface area contributed by atoms with Crippen LogP contribution in [0.3, 0.4) is 0 Å². The molecule has 0 aliphatic carbocycles. The maximum atomic E-state index is 13.5. The zero-order valence-corrected chi connectivity index (χ0v) is 9.86. The SMILES string of the molecule is CCOCCOC(=O)c1ccc(OC)cc1F. The Morgan fingerprint density at radius 3 is 2.71 bits per heavy atom. The maximum Gasteiger partial charge on any atom is 0.341 e. The Hall–Kier alpha value is -1.62. The van der Waals surface area contributed by atoms with E-state index in [-0.39, 0.29) is 12.2 Å². The molecule has 0 heterocycles. The van der Waals surface area contributed by atoms with Gasteiger partial charge in [0, 0.05) is 12.7 Å². The lowest BCUT2D eigenvalue weighted by Crippen LogP contribution is -2.12. The Labute approximate surface area is 99.3 Å². The van der Waals surface area contributed by atoms with Gasteiger partial charge in [-0.3, -0.25) is 0 Å². The smallest absolute Gasteiger partial charge is 0.341 e. The van der Waals surface area contributed by atoms with Crippen molar-refractivity contribution in [1.82, 2.24) is 0 Å². The minimum Gasteiger partial charge on any atom is -0.497 e. The predicted molar refractivity (Wildman–Crippen MR) is 59.7 cm³/mol. The molecule has 17 heavy (non-hydrogen) atoms. The third-order valence-corrected chi connectivity index (χ3v) is 2.06. The lowest BCUT2D eigenvalue weighted by molar-refractivity contribution is 0.0331. The second kappa shape index (κ2) is 6.85. The average molecular weight is 242 g/mol. The van der Waals surface area contributed by atoms with Crippen LogP contribution in [0.25, 0.3) is 0 Å². The van der Waals surface area contributed by atoms with E-state index in [1.54, 1.807) is 0 Å². The van der Waals surface area contributed by atoms with E-state index in [1.165, 1.54) is 19.2 Å². The number of hydrogen-bond acceptors (Lipinski definition) is 4. The first-order valence-electron chi connectivity index (χ1n) is 5.27. The molecule has 0 amide bonds. The Morgan fingerprint density at radius 1 is 1.35 bits per heavy atom. The third-order valence-electron chi connectivity index (χ3n) is 2.06. The zero-order chi connectivity index (χ0) is 12.7. The first kappa shape index (κ1) is 13.4. The number of benzene rings is 1. The van der Waals surface area contributed by atoms with E-state index in [9.17, 15) is 9.18 Å². The van der Waals surface area contributed by atoms with Crippen molar-refractivity contribution in [3.8, 4) is 5.75 Å². The van der Waals surface area contributed by atoms with Crippen LogP contribution in [0.5, 0.6) is 5.75 Å². The van der Waals surface area contributed by atoms with Crippen LogP contribution in [-0.4, -0.2) is 32.9 Å². The molecule has 4 nitrogen and oxygen atoms in total. The van der Waals surface area contributed by atoms with Gasteiger partial charge in [-0.15, -0.1) is 0 Å². The van der Waals surface area contributed by atoms with E-state index in [0.717, 1.165) is 6.07 Å². The van der Waals surface area contributed by atoms with Crippen LogP contribution in [0.4, 0.5) is 4.39 Å². The van der Waals surface area contributed by atoms with Crippen LogP contribution in [0.2, 0.25) is 0 Å². The summed E-state index contributed by atoms with van der Waals surface area (Å²) in [5.41, 5.74) is -0.109. The number of ether oxygens (including phenoxy) is 3. The van der Waals surface area contributed by atoms with Crippen LogP contribution >= 0.6 is 0 Å². The molecule has 0 atom stereocenters. The van der Waals surface area contributed by atoms with Crippen molar-refractivity contribution >= 4 is 5.97 Å². The summed E-state index contributed by atoms with van der Waals surface area (Å²) < 4.78 is 28.1. The van der Waals surface area contributed by atoms with Crippen LogP contribution in [-0.2, 0) is 9.47 Å². The van der Waals surface area contributed by atoms with Gasteiger partial charge in [-0.25, -0.2) is 9.18 Å². The van der Waals surface area contributed by atoms with Gasteiger partial charge in [-0.05, 0) is 19.1 Å². The summed E-state index contributed by atoms with van der Waals surface area (Å²) in [7, 11) is 1.43. The highest BCUT2D eigenvalue weighted by Gasteiger charge is 2.13. The molecule has 0 unspecified atom stereocenters. The lowest BCUT2D eigenvalue weighted by atomic mass is 10.2. The number of carbonyl (C=O) groups is 1. The van der Waals surface area contributed by atoms with Crippen molar-refractivity contribution in [2.24, 2.45) is 0 Å². The van der Waals surface area contributed by atoms with E-state index < -0.39 is 11.8 Å². The van der Waals surface area contributed by atoms with Crippen molar-refractivity contribution in [3.05, 3.63) is 29.6 Å². The fourth-order valence-electron chi connectivity index (χ4n) is 1.20. The zero-order valence-electron chi connectivity index (χ0n) is 9.86. The van der Waals surface area contributed by atoms with Gasteiger partial charge in [0.2, 0.25) is 0 Å². The molecule has 0 N–H and O–H groups in total. The fraction of sp³-hybridized carbons (Fsp3) is 0.417. The van der Waals surface area contributed by atoms with Gasteiger partial charge < -0.3 is 14.2 Å². The summed E-state index contributed by atoms with van der Waals surface area (Å²) in [6, 6.07) is 3.97. The third kappa shape index (κ3) is 4.03. The highest BCUT2D eigenvalue weighted by molar-refractivity contribution is 5.89. The highest BCUT2D eigenvalue weighted by atomic mass is 19.1. The van der Waals surface area contributed by atoms with Crippen molar-refractivity contribution in [2.45, 2.75) is 6.92 Å². The van der Waals surface area contributed by atoms with Gasteiger partial charge in [-0.2, -0.15) is 0 Å². The number of rotatable bonds is 6. The summed E-state index contributed by atoms with van der Waals surface area (Å²) in [6.07, 6.45) is 0. The van der Waals surface area contributed by atoms with Crippen molar-refractivity contribution < 1.29 is 23.4 Å². The topological polar surface area (TPSA) is 44.8 Å². The molecular formula is C12H15FO4. The second-order valence-electron chi connectivity index (χ2n) is 3.18. The first-order chi connectivity index (χ1) is 8.19. The molecule has 0 aromatic heterocycles.